The smallest absolute Gasteiger partial charge is 0.211 e. The van der Waals surface area contributed by atoms with E-state index in [4.69, 9.17) is 0 Å². The topological polar surface area (TPSA) is 63.2 Å². The van der Waals surface area contributed by atoms with E-state index in [0.717, 1.165) is 0 Å². The summed E-state index contributed by atoms with van der Waals surface area (Å²) in [7, 11) is -3.18. The number of carbonyl (C=O) groups excluding carboxylic acids is 1. The van der Waals surface area contributed by atoms with Crippen LogP contribution in [0.25, 0.3) is 0 Å². The predicted molar refractivity (Wildman–Crippen MR) is 38.1 cm³/mol. The molecule has 0 amide bonds. The van der Waals surface area contributed by atoms with Crippen molar-refractivity contribution in [2.24, 2.45) is 0 Å². The zero-order valence-corrected chi connectivity index (χ0v) is 6.65. The van der Waals surface area contributed by atoms with Gasteiger partial charge in [0, 0.05) is 0 Å². The average Bonchev–Trinajstić information content (AvgIpc) is 1.84. The van der Waals surface area contributed by atoms with E-state index in [1.54, 1.807) is 6.92 Å². The summed E-state index contributed by atoms with van der Waals surface area (Å²) in [4.78, 5) is 9.73. The highest BCUT2D eigenvalue weighted by molar-refractivity contribution is 7.89. The first-order valence-electron chi connectivity index (χ1n) is 3.03. The maximum atomic E-state index is 10.7. The van der Waals surface area contributed by atoms with Crippen molar-refractivity contribution < 1.29 is 13.2 Å². The number of carbonyl (C=O) groups is 1. The Morgan fingerprint density at radius 2 is 2.10 bits per heavy atom. The SMILES string of the molecule is CCCS(=O)(=O)NCC=O. The van der Waals surface area contributed by atoms with E-state index in [1.807, 2.05) is 0 Å². The lowest BCUT2D eigenvalue weighted by Gasteiger charge is -1.99. The van der Waals surface area contributed by atoms with Crippen molar-refractivity contribution in [2.75, 3.05) is 12.3 Å². The van der Waals surface area contributed by atoms with Gasteiger partial charge in [0.15, 0.2) is 0 Å². The second kappa shape index (κ2) is 4.40. The summed E-state index contributed by atoms with van der Waals surface area (Å²) in [5.74, 6) is 0.0842. The van der Waals surface area contributed by atoms with Gasteiger partial charge < -0.3 is 4.79 Å². The third-order valence-corrected chi connectivity index (χ3v) is 2.41. The Bertz CT molecular complexity index is 185. The van der Waals surface area contributed by atoms with E-state index in [9.17, 15) is 13.2 Å². The quantitative estimate of drug-likeness (QED) is 0.559. The summed E-state index contributed by atoms with van der Waals surface area (Å²) < 4.78 is 23.6. The Morgan fingerprint density at radius 1 is 1.50 bits per heavy atom. The van der Waals surface area contributed by atoms with Crippen LogP contribution in [0.3, 0.4) is 0 Å². The molecule has 0 rings (SSSR count). The lowest BCUT2D eigenvalue weighted by atomic mass is 10.6. The molecule has 0 spiro atoms. The van der Waals surface area contributed by atoms with Gasteiger partial charge in [0.1, 0.15) is 6.29 Å². The number of rotatable bonds is 5. The Kier molecular flexibility index (Phi) is 4.22. The highest BCUT2D eigenvalue weighted by atomic mass is 32.2. The molecule has 0 bridgehead atoms. The average molecular weight is 165 g/mol. The lowest BCUT2D eigenvalue weighted by molar-refractivity contribution is -0.106. The van der Waals surface area contributed by atoms with Crippen molar-refractivity contribution >= 4 is 16.3 Å². The van der Waals surface area contributed by atoms with Crippen molar-refractivity contribution in [2.45, 2.75) is 13.3 Å². The molecule has 0 aliphatic rings. The zero-order valence-electron chi connectivity index (χ0n) is 5.83. The van der Waals surface area contributed by atoms with Gasteiger partial charge in [-0.1, -0.05) is 6.92 Å². The van der Waals surface area contributed by atoms with Crippen LogP contribution in [0, 0.1) is 0 Å². The van der Waals surface area contributed by atoms with Gasteiger partial charge in [-0.2, -0.15) is 0 Å². The molecule has 0 aromatic carbocycles. The van der Waals surface area contributed by atoms with Crippen LogP contribution in [0.5, 0.6) is 0 Å². The number of hydrogen-bond donors (Lipinski definition) is 1. The van der Waals surface area contributed by atoms with Crippen LogP contribution in [0.2, 0.25) is 0 Å². The number of aldehydes is 1. The number of nitrogens with one attached hydrogen (secondary N) is 1. The molecule has 0 aliphatic carbocycles. The van der Waals surface area contributed by atoms with Gasteiger partial charge in [0.2, 0.25) is 10.0 Å². The van der Waals surface area contributed by atoms with E-state index >= 15 is 0 Å². The fourth-order valence-corrected chi connectivity index (χ4v) is 1.51. The minimum absolute atomic E-state index is 0.0842. The summed E-state index contributed by atoms with van der Waals surface area (Å²) in [5, 5.41) is 0. The number of sulfonamides is 1. The highest BCUT2D eigenvalue weighted by Crippen LogP contribution is 1.85. The molecule has 1 N–H and O–H groups in total. The van der Waals surface area contributed by atoms with E-state index in [2.05, 4.69) is 4.72 Å². The van der Waals surface area contributed by atoms with Crippen molar-refractivity contribution in [3.8, 4) is 0 Å². The highest BCUT2D eigenvalue weighted by Gasteiger charge is 2.05. The zero-order chi connectivity index (χ0) is 8.04. The number of hydrogen-bond acceptors (Lipinski definition) is 3. The van der Waals surface area contributed by atoms with E-state index in [1.165, 1.54) is 0 Å². The maximum Gasteiger partial charge on any atom is 0.211 e. The van der Waals surface area contributed by atoms with Crippen LogP contribution in [0.15, 0.2) is 0 Å². The van der Waals surface area contributed by atoms with Crippen molar-refractivity contribution in [1.29, 1.82) is 0 Å². The van der Waals surface area contributed by atoms with E-state index < -0.39 is 10.0 Å². The van der Waals surface area contributed by atoms with Gasteiger partial charge in [0.25, 0.3) is 0 Å². The summed E-state index contributed by atoms with van der Waals surface area (Å²) in [5.41, 5.74) is 0. The Labute approximate surface area is 60.7 Å². The molecular weight excluding hydrogens is 154 g/mol. The Morgan fingerprint density at radius 3 is 2.50 bits per heavy atom. The molecule has 60 valence electrons. The standard InChI is InChI=1S/C5H11NO3S/c1-2-5-10(8,9)6-3-4-7/h4,6H,2-3,5H2,1H3. The van der Waals surface area contributed by atoms with Gasteiger partial charge >= 0.3 is 0 Å². The lowest BCUT2D eigenvalue weighted by Crippen LogP contribution is -2.27. The normalized spacial score (nSPS) is 11.3. The van der Waals surface area contributed by atoms with Gasteiger partial charge in [-0.3, -0.25) is 0 Å². The first-order valence-corrected chi connectivity index (χ1v) is 4.68. The van der Waals surface area contributed by atoms with Crippen LogP contribution in [-0.2, 0) is 14.8 Å². The molecule has 0 atom stereocenters. The monoisotopic (exact) mass is 165 g/mol. The van der Waals surface area contributed by atoms with Crippen molar-refractivity contribution in [1.82, 2.24) is 4.72 Å². The van der Waals surface area contributed by atoms with Crippen LogP contribution < -0.4 is 4.72 Å². The maximum absolute atomic E-state index is 10.7. The van der Waals surface area contributed by atoms with E-state index in [-0.39, 0.29) is 12.3 Å². The van der Waals surface area contributed by atoms with Crippen molar-refractivity contribution in [3.05, 3.63) is 0 Å². The summed E-state index contributed by atoms with van der Waals surface area (Å²) in [6, 6.07) is 0. The van der Waals surface area contributed by atoms with Gasteiger partial charge in [-0.15, -0.1) is 0 Å². The second-order valence-corrected chi connectivity index (χ2v) is 3.76. The molecule has 5 heteroatoms. The van der Waals surface area contributed by atoms with Crippen LogP contribution in [0.1, 0.15) is 13.3 Å². The predicted octanol–water partition coefficient (Wildman–Crippen LogP) is -0.485. The summed E-state index contributed by atoms with van der Waals surface area (Å²) in [6.07, 6.45) is 1.08. The minimum atomic E-state index is -3.18. The molecule has 0 aromatic rings. The van der Waals surface area contributed by atoms with Gasteiger partial charge in [-0.25, -0.2) is 13.1 Å². The third kappa shape index (κ3) is 4.46. The fraction of sp³-hybridized carbons (Fsp3) is 0.800. The first kappa shape index (κ1) is 9.58. The molecule has 0 heterocycles. The minimum Gasteiger partial charge on any atom is -0.302 e. The molecular formula is C5H11NO3S. The molecule has 0 radical (unpaired) electrons. The summed E-state index contributed by atoms with van der Waals surface area (Å²) >= 11 is 0. The second-order valence-electron chi connectivity index (χ2n) is 1.83. The van der Waals surface area contributed by atoms with Gasteiger partial charge in [-0.05, 0) is 6.42 Å². The molecule has 10 heavy (non-hydrogen) atoms. The molecule has 0 unspecified atom stereocenters. The molecule has 0 aromatic heterocycles. The molecule has 0 fully saturated rings. The molecule has 0 aliphatic heterocycles. The fourth-order valence-electron chi connectivity index (χ4n) is 0.502. The molecule has 0 saturated heterocycles. The largest absolute Gasteiger partial charge is 0.302 e. The first-order chi connectivity index (χ1) is 4.62. The van der Waals surface area contributed by atoms with Crippen molar-refractivity contribution in [3.63, 3.8) is 0 Å². The molecule has 4 nitrogen and oxygen atoms in total. The van der Waals surface area contributed by atoms with E-state index in [0.29, 0.717) is 12.7 Å². The van der Waals surface area contributed by atoms with Crippen LogP contribution >= 0.6 is 0 Å². The summed E-state index contributed by atoms with van der Waals surface area (Å²) in [6.45, 7) is 1.64. The van der Waals surface area contributed by atoms with Crippen LogP contribution in [-0.4, -0.2) is 27.0 Å². The Balaban J connectivity index is 3.76. The van der Waals surface area contributed by atoms with Crippen LogP contribution in [0.4, 0.5) is 0 Å². The third-order valence-electron chi connectivity index (χ3n) is 0.859. The Hall–Kier alpha value is -0.420. The van der Waals surface area contributed by atoms with Gasteiger partial charge in [0.05, 0.1) is 12.3 Å². The molecule has 0 saturated carbocycles.